The highest BCUT2D eigenvalue weighted by atomic mass is 35.5. The highest BCUT2D eigenvalue weighted by Gasteiger charge is 2.24. The minimum absolute atomic E-state index is 0.260. The van der Waals surface area contributed by atoms with Crippen LogP contribution in [0.15, 0.2) is 29.2 Å². The van der Waals surface area contributed by atoms with Gasteiger partial charge >= 0.3 is 5.69 Å². The first-order chi connectivity index (χ1) is 13.4. The lowest BCUT2D eigenvalue weighted by atomic mass is 9.91. The van der Waals surface area contributed by atoms with Gasteiger partial charge in [0.15, 0.2) is 5.65 Å². The summed E-state index contributed by atoms with van der Waals surface area (Å²) in [6.45, 7) is 0.274. The van der Waals surface area contributed by atoms with Gasteiger partial charge in [-0.05, 0) is 49.4 Å². The summed E-state index contributed by atoms with van der Waals surface area (Å²) in [5.41, 5.74) is 7.65. The zero-order chi connectivity index (χ0) is 19.8. The Morgan fingerprint density at radius 1 is 1.29 bits per heavy atom. The Hall–Kier alpha value is -2.09. The van der Waals surface area contributed by atoms with E-state index >= 15 is 0 Å². The van der Waals surface area contributed by atoms with Crippen LogP contribution < -0.4 is 16.3 Å². The number of nitrogens with one attached hydrogen (secondary N) is 1. The van der Waals surface area contributed by atoms with E-state index in [1.807, 2.05) is 7.05 Å². The maximum atomic E-state index is 12.5. The smallest absolute Gasteiger partial charge is 0.328 e. The molecule has 1 aliphatic carbocycles. The zero-order valence-corrected chi connectivity index (χ0v) is 17.0. The molecule has 0 unspecified atom stereocenters. The minimum Gasteiger partial charge on any atom is -0.341 e. The number of aromatic amines is 1. The number of rotatable bonds is 4. The van der Waals surface area contributed by atoms with Crippen molar-refractivity contribution in [3.05, 3.63) is 50.5 Å². The van der Waals surface area contributed by atoms with Crippen LogP contribution in [-0.4, -0.2) is 38.7 Å². The second-order valence-electron chi connectivity index (χ2n) is 7.34. The van der Waals surface area contributed by atoms with E-state index in [1.165, 1.54) is 0 Å². The van der Waals surface area contributed by atoms with Crippen molar-refractivity contribution in [2.24, 2.45) is 5.73 Å². The molecule has 0 radical (unpaired) electrons. The first-order valence-electron chi connectivity index (χ1n) is 9.30. The molecule has 4 rings (SSSR count). The summed E-state index contributed by atoms with van der Waals surface area (Å²) in [5.74, 6) is 0.595. The topological polar surface area (TPSA) is 92.8 Å². The predicted molar refractivity (Wildman–Crippen MR) is 112 cm³/mol. The molecular weight excluding hydrogens is 399 g/mol. The van der Waals surface area contributed by atoms with Gasteiger partial charge in [0.25, 0.3) is 0 Å². The number of hydrogen-bond donors (Lipinski definition) is 2. The second-order valence-corrected chi connectivity index (χ2v) is 8.18. The van der Waals surface area contributed by atoms with Gasteiger partial charge in [-0.1, -0.05) is 23.2 Å². The number of imidazole rings is 1. The summed E-state index contributed by atoms with van der Waals surface area (Å²) < 4.78 is 1.56. The Morgan fingerprint density at radius 2 is 2.04 bits per heavy atom. The molecule has 0 saturated heterocycles. The number of nitrogens with zero attached hydrogens (tertiary/aromatic N) is 4. The van der Waals surface area contributed by atoms with E-state index in [1.54, 1.807) is 29.0 Å². The van der Waals surface area contributed by atoms with Gasteiger partial charge in [0.2, 0.25) is 5.95 Å². The van der Waals surface area contributed by atoms with E-state index in [4.69, 9.17) is 28.9 Å². The van der Waals surface area contributed by atoms with Crippen molar-refractivity contribution < 1.29 is 0 Å². The van der Waals surface area contributed by atoms with Crippen LogP contribution >= 0.6 is 23.2 Å². The molecule has 0 atom stereocenters. The molecule has 148 valence electrons. The molecule has 0 bridgehead atoms. The van der Waals surface area contributed by atoms with E-state index in [2.05, 4.69) is 19.9 Å². The number of nitrogens with two attached hydrogens (primary N) is 1. The molecule has 2 heterocycles. The Balaban J connectivity index is 1.68. The monoisotopic (exact) mass is 420 g/mol. The van der Waals surface area contributed by atoms with Crippen LogP contribution in [-0.2, 0) is 6.54 Å². The number of hydrogen-bond acceptors (Lipinski definition) is 5. The molecule has 0 spiro atoms. The van der Waals surface area contributed by atoms with Crippen LogP contribution in [0.3, 0.4) is 0 Å². The van der Waals surface area contributed by atoms with Gasteiger partial charge in [-0.25, -0.2) is 9.78 Å². The second kappa shape index (κ2) is 7.73. The van der Waals surface area contributed by atoms with Crippen molar-refractivity contribution in [3.63, 3.8) is 0 Å². The van der Waals surface area contributed by atoms with E-state index in [0.29, 0.717) is 33.2 Å². The third-order valence-corrected chi connectivity index (χ3v) is 6.04. The normalized spacial score (nSPS) is 19.9. The van der Waals surface area contributed by atoms with Crippen LogP contribution in [0.25, 0.3) is 11.2 Å². The number of anilines is 1. The molecular formula is C19H22Cl2N6O. The van der Waals surface area contributed by atoms with E-state index < -0.39 is 0 Å². The highest BCUT2D eigenvalue weighted by molar-refractivity contribution is 6.33. The SMILES string of the molecule is CN(c1ncc2[nH]c(=O)n(Cc3cc(Cl)ccc3Cl)c2n1)C1CCC(N)CC1. The molecule has 28 heavy (non-hydrogen) atoms. The van der Waals surface area contributed by atoms with Crippen molar-refractivity contribution >= 4 is 40.3 Å². The molecule has 2 aromatic heterocycles. The lowest BCUT2D eigenvalue weighted by Crippen LogP contribution is -2.39. The molecule has 1 aliphatic rings. The number of halogens is 2. The van der Waals surface area contributed by atoms with Crippen molar-refractivity contribution in [1.82, 2.24) is 19.5 Å². The largest absolute Gasteiger partial charge is 0.341 e. The Morgan fingerprint density at radius 3 is 2.79 bits per heavy atom. The highest BCUT2D eigenvalue weighted by Crippen LogP contribution is 2.25. The quantitative estimate of drug-likeness (QED) is 0.675. The van der Waals surface area contributed by atoms with Crippen LogP contribution in [0.2, 0.25) is 10.0 Å². The van der Waals surface area contributed by atoms with Gasteiger partial charge in [-0.3, -0.25) is 4.57 Å². The molecule has 1 aromatic carbocycles. The fraction of sp³-hybridized carbons (Fsp3) is 0.421. The van der Waals surface area contributed by atoms with Crippen LogP contribution in [0.1, 0.15) is 31.2 Å². The molecule has 1 fully saturated rings. The lowest BCUT2D eigenvalue weighted by Gasteiger charge is -2.33. The van der Waals surface area contributed by atoms with Gasteiger partial charge in [-0.15, -0.1) is 0 Å². The predicted octanol–water partition coefficient (Wildman–Crippen LogP) is 3.18. The minimum atomic E-state index is -0.260. The standard InChI is InChI=1S/C19H22Cl2N6O/c1-26(14-5-3-13(22)4-6-14)18-23-9-16-17(25-18)27(19(28)24-16)10-11-8-12(20)2-7-15(11)21/h2,7-9,13-14H,3-6,10,22H2,1H3,(H,24,28). The molecule has 0 aliphatic heterocycles. The van der Waals surface area contributed by atoms with Gasteiger partial charge in [0.1, 0.15) is 5.52 Å². The number of benzene rings is 1. The molecule has 0 amide bonds. The summed E-state index contributed by atoms with van der Waals surface area (Å²) in [6.07, 6.45) is 5.67. The van der Waals surface area contributed by atoms with E-state index in [9.17, 15) is 4.79 Å². The van der Waals surface area contributed by atoms with E-state index in [-0.39, 0.29) is 18.3 Å². The van der Waals surface area contributed by atoms with Crippen LogP contribution in [0.5, 0.6) is 0 Å². The average Bonchev–Trinajstić information content (AvgIpc) is 2.99. The summed E-state index contributed by atoms with van der Waals surface area (Å²) in [5, 5.41) is 1.12. The first kappa shape index (κ1) is 19.2. The van der Waals surface area contributed by atoms with Gasteiger partial charge in [-0.2, -0.15) is 4.98 Å². The number of aromatic nitrogens is 4. The van der Waals surface area contributed by atoms with Crippen molar-refractivity contribution in [2.75, 3.05) is 11.9 Å². The molecule has 1 saturated carbocycles. The van der Waals surface area contributed by atoms with Crippen molar-refractivity contribution in [3.8, 4) is 0 Å². The Labute approximate surface area is 172 Å². The van der Waals surface area contributed by atoms with Crippen LogP contribution in [0.4, 0.5) is 5.95 Å². The summed E-state index contributed by atoms with van der Waals surface area (Å²) in [4.78, 5) is 26.5. The first-order valence-corrected chi connectivity index (χ1v) is 10.1. The third-order valence-electron chi connectivity index (χ3n) is 5.44. The Kier molecular flexibility index (Phi) is 5.31. The summed E-state index contributed by atoms with van der Waals surface area (Å²) in [7, 11) is 1.99. The van der Waals surface area contributed by atoms with Crippen LogP contribution in [0, 0.1) is 0 Å². The van der Waals surface area contributed by atoms with Gasteiger partial charge in [0, 0.05) is 29.2 Å². The fourth-order valence-corrected chi connectivity index (χ4v) is 4.11. The molecule has 7 nitrogen and oxygen atoms in total. The molecule has 9 heteroatoms. The fourth-order valence-electron chi connectivity index (χ4n) is 3.74. The number of H-pyrrole nitrogens is 1. The Bertz CT molecular complexity index is 1050. The van der Waals surface area contributed by atoms with Gasteiger partial charge in [0.05, 0.1) is 12.7 Å². The summed E-state index contributed by atoms with van der Waals surface area (Å²) in [6, 6.07) is 5.83. The number of fused-ring (bicyclic) bond motifs is 1. The third kappa shape index (κ3) is 3.74. The summed E-state index contributed by atoms with van der Waals surface area (Å²) >= 11 is 12.4. The lowest BCUT2D eigenvalue weighted by molar-refractivity contribution is 0.382. The van der Waals surface area contributed by atoms with Gasteiger partial charge < -0.3 is 15.6 Å². The maximum Gasteiger partial charge on any atom is 0.328 e. The molecule has 3 N–H and O–H groups in total. The zero-order valence-electron chi connectivity index (χ0n) is 15.5. The van der Waals surface area contributed by atoms with Crippen molar-refractivity contribution in [2.45, 2.75) is 44.3 Å². The van der Waals surface area contributed by atoms with E-state index in [0.717, 1.165) is 31.2 Å². The van der Waals surface area contributed by atoms with Crippen molar-refractivity contribution in [1.29, 1.82) is 0 Å². The maximum absolute atomic E-state index is 12.5. The molecule has 3 aromatic rings. The average molecular weight is 421 g/mol.